The number of hydrogen-bond acceptors (Lipinski definition) is 3. The van der Waals surface area contributed by atoms with Crippen LogP contribution in [0.15, 0.2) is 24.3 Å². The second-order valence-corrected chi connectivity index (χ2v) is 6.27. The molecule has 0 aliphatic carbocycles. The van der Waals surface area contributed by atoms with Crippen molar-refractivity contribution in [3.63, 3.8) is 0 Å². The van der Waals surface area contributed by atoms with Gasteiger partial charge < -0.3 is 14.4 Å². The van der Waals surface area contributed by atoms with Crippen molar-refractivity contribution in [3.8, 4) is 5.75 Å². The van der Waals surface area contributed by atoms with Crippen molar-refractivity contribution in [1.82, 2.24) is 4.90 Å². The van der Waals surface area contributed by atoms with E-state index >= 15 is 0 Å². The predicted molar refractivity (Wildman–Crippen MR) is 86.2 cm³/mol. The van der Waals surface area contributed by atoms with Gasteiger partial charge >= 0.3 is 0 Å². The van der Waals surface area contributed by atoms with Crippen LogP contribution in [0.3, 0.4) is 0 Å². The van der Waals surface area contributed by atoms with Crippen LogP contribution in [0.25, 0.3) is 0 Å². The largest absolute Gasteiger partial charge is 0.491 e. The number of morpholine rings is 1. The minimum absolute atomic E-state index is 0.0483. The van der Waals surface area contributed by atoms with Gasteiger partial charge in [-0.2, -0.15) is 0 Å². The van der Waals surface area contributed by atoms with Crippen LogP contribution in [-0.2, 0) is 4.74 Å². The van der Waals surface area contributed by atoms with Crippen LogP contribution in [0.4, 0.5) is 0 Å². The molecule has 1 saturated heterocycles. The maximum absolute atomic E-state index is 12.6. The molecule has 1 fully saturated rings. The minimum atomic E-state index is 0.0483. The van der Waals surface area contributed by atoms with Crippen molar-refractivity contribution in [2.45, 2.75) is 39.1 Å². The number of alkyl halides is 1. The molecule has 2 unspecified atom stereocenters. The van der Waals surface area contributed by atoms with Gasteiger partial charge in [-0.15, -0.1) is 0 Å². The molecule has 21 heavy (non-hydrogen) atoms. The molecular formula is C16H22BrNO3. The molecule has 116 valence electrons. The minimum Gasteiger partial charge on any atom is -0.491 e. The lowest BCUT2D eigenvalue weighted by Crippen LogP contribution is -2.49. The zero-order valence-electron chi connectivity index (χ0n) is 12.7. The molecule has 0 aromatic heterocycles. The zero-order valence-corrected chi connectivity index (χ0v) is 14.3. The van der Waals surface area contributed by atoms with Gasteiger partial charge in [-0.3, -0.25) is 4.79 Å². The highest BCUT2D eigenvalue weighted by Crippen LogP contribution is 2.18. The Labute approximate surface area is 134 Å². The number of amides is 1. The SMILES string of the molecule is CC(C)Oc1ccc(C(=O)N2CC(C)OC(CBr)C2)cc1. The first-order valence-electron chi connectivity index (χ1n) is 7.27. The lowest BCUT2D eigenvalue weighted by atomic mass is 10.1. The number of halogens is 1. The van der Waals surface area contributed by atoms with E-state index in [1.807, 2.05) is 49.9 Å². The summed E-state index contributed by atoms with van der Waals surface area (Å²) in [5.41, 5.74) is 0.688. The monoisotopic (exact) mass is 355 g/mol. The van der Waals surface area contributed by atoms with Gasteiger partial charge in [0.1, 0.15) is 5.75 Å². The highest BCUT2D eigenvalue weighted by Gasteiger charge is 2.28. The van der Waals surface area contributed by atoms with E-state index < -0.39 is 0 Å². The lowest BCUT2D eigenvalue weighted by molar-refractivity contribution is -0.0559. The van der Waals surface area contributed by atoms with E-state index in [9.17, 15) is 4.79 Å². The number of hydrogen-bond donors (Lipinski definition) is 0. The van der Waals surface area contributed by atoms with Crippen molar-refractivity contribution >= 4 is 21.8 Å². The van der Waals surface area contributed by atoms with Gasteiger partial charge in [0.15, 0.2) is 0 Å². The molecule has 1 amide bonds. The standard InChI is InChI=1S/C16H22BrNO3/c1-11(2)20-14-6-4-13(5-7-14)16(19)18-9-12(3)21-15(8-17)10-18/h4-7,11-12,15H,8-10H2,1-3H3. The smallest absolute Gasteiger partial charge is 0.254 e. The first kappa shape index (κ1) is 16.3. The second kappa shape index (κ2) is 7.27. The molecule has 5 heteroatoms. The fourth-order valence-corrected chi connectivity index (χ4v) is 2.78. The Hall–Kier alpha value is -1.07. The number of carbonyl (C=O) groups excluding carboxylic acids is 1. The number of carbonyl (C=O) groups is 1. The van der Waals surface area contributed by atoms with Crippen LogP contribution in [0, 0.1) is 0 Å². The van der Waals surface area contributed by atoms with E-state index in [1.54, 1.807) is 0 Å². The summed E-state index contributed by atoms with van der Waals surface area (Å²) in [4.78, 5) is 14.4. The van der Waals surface area contributed by atoms with Gasteiger partial charge in [0.05, 0.1) is 18.3 Å². The van der Waals surface area contributed by atoms with Crippen molar-refractivity contribution < 1.29 is 14.3 Å². The Bertz CT molecular complexity index is 475. The van der Waals surface area contributed by atoms with Gasteiger partial charge in [-0.25, -0.2) is 0 Å². The number of nitrogens with zero attached hydrogens (tertiary/aromatic N) is 1. The van der Waals surface area contributed by atoms with Crippen LogP contribution in [-0.4, -0.2) is 47.5 Å². The lowest BCUT2D eigenvalue weighted by Gasteiger charge is -2.36. The van der Waals surface area contributed by atoms with Crippen LogP contribution in [0.2, 0.25) is 0 Å². The van der Waals surface area contributed by atoms with Crippen molar-refractivity contribution in [2.75, 3.05) is 18.4 Å². The molecular weight excluding hydrogens is 334 g/mol. The molecule has 1 aliphatic rings. The summed E-state index contributed by atoms with van der Waals surface area (Å²) < 4.78 is 11.3. The van der Waals surface area contributed by atoms with E-state index in [0.717, 1.165) is 11.1 Å². The third kappa shape index (κ3) is 4.45. The summed E-state index contributed by atoms with van der Waals surface area (Å²) in [6, 6.07) is 7.34. The van der Waals surface area contributed by atoms with E-state index in [-0.39, 0.29) is 24.2 Å². The summed E-state index contributed by atoms with van der Waals surface area (Å²) in [6.45, 7) is 7.21. The molecule has 0 N–H and O–H groups in total. The average Bonchev–Trinajstić information content (AvgIpc) is 2.46. The van der Waals surface area contributed by atoms with Gasteiger partial charge in [-0.05, 0) is 45.0 Å². The van der Waals surface area contributed by atoms with Gasteiger partial charge in [-0.1, -0.05) is 15.9 Å². The highest BCUT2D eigenvalue weighted by molar-refractivity contribution is 9.09. The molecule has 1 heterocycles. The normalized spacial score (nSPS) is 22.4. The molecule has 1 aromatic rings. The Kier molecular flexibility index (Phi) is 5.65. The van der Waals surface area contributed by atoms with E-state index in [1.165, 1.54) is 0 Å². The first-order valence-corrected chi connectivity index (χ1v) is 8.39. The molecule has 1 aromatic carbocycles. The first-order chi connectivity index (χ1) is 9.99. The third-order valence-electron chi connectivity index (χ3n) is 3.26. The fourth-order valence-electron chi connectivity index (χ4n) is 2.43. The van der Waals surface area contributed by atoms with E-state index in [2.05, 4.69) is 15.9 Å². The van der Waals surface area contributed by atoms with Gasteiger partial charge in [0.2, 0.25) is 0 Å². The predicted octanol–water partition coefficient (Wildman–Crippen LogP) is 3.10. The van der Waals surface area contributed by atoms with Crippen molar-refractivity contribution in [2.24, 2.45) is 0 Å². The molecule has 1 aliphatic heterocycles. The number of ether oxygens (including phenoxy) is 2. The van der Waals surface area contributed by atoms with Gasteiger partial charge in [0, 0.05) is 24.0 Å². The van der Waals surface area contributed by atoms with E-state index in [0.29, 0.717) is 18.7 Å². The zero-order chi connectivity index (χ0) is 15.4. The van der Waals surface area contributed by atoms with Gasteiger partial charge in [0.25, 0.3) is 5.91 Å². The molecule has 4 nitrogen and oxygen atoms in total. The van der Waals surface area contributed by atoms with Crippen molar-refractivity contribution in [3.05, 3.63) is 29.8 Å². The van der Waals surface area contributed by atoms with Crippen LogP contribution >= 0.6 is 15.9 Å². The number of rotatable bonds is 4. The van der Waals surface area contributed by atoms with Crippen LogP contribution in [0.1, 0.15) is 31.1 Å². The number of benzene rings is 1. The molecule has 2 atom stereocenters. The van der Waals surface area contributed by atoms with Crippen molar-refractivity contribution in [1.29, 1.82) is 0 Å². The van der Waals surface area contributed by atoms with Crippen LogP contribution in [0.5, 0.6) is 5.75 Å². The molecule has 0 radical (unpaired) electrons. The quantitative estimate of drug-likeness (QED) is 0.779. The molecule has 0 saturated carbocycles. The van der Waals surface area contributed by atoms with E-state index in [4.69, 9.17) is 9.47 Å². The summed E-state index contributed by atoms with van der Waals surface area (Å²) in [7, 11) is 0. The molecule has 2 rings (SSSR count). The third-order valence-corrected chi connectivity index (χ3v) is 3.98. The Morgan fingerprint density at radius 1 is 1.38 bits per heavy atom. The highest BCUT2D eigenvalue weighted by atomic mass is 79.9. The maximum Gasteiger partial charge on any atom is 0.254 e. The molecule has 0 spiro atoms. The Balaban J connectivity index is 2.05. The van der Waals surface area contributed by atoms with Crippen LogP contribution < -0.4 is 4.74 Å². The summed E-state index contributed by atoms with van der Waals surface area (Å²) >= 11 is 3.42. The molecule has 0 bridgehead atoms. The fraction of sp³-hybridized carbons (Fsp3) is 0.562. The Morgan fingerprint density at radius 3 is 2.62 bits per heavy atom. The second-order valence-electron chi connectivity index (χ2n) is 5.62. The topological polar surface area (TPSA) is 38.8 Å². The summed E-state index contributed by atoms with van der Waals surface area (Å²) in [5, 5.41) is 0.738. The summed E-state index contributed by atoms with van der Waals surface area (Å²) in [5.74, 6) is 0.836. The average molecular weight is 356 g/mol. The summed E-state index contributed by atoms with van der Waals surface area (Å²) in [6.07, 6.45) is 0.251. The Morgan fingerprint density at radius 2 is 2.05 bits per heavy atom. The maximum atomic E-state index is 12.6.